The SMILES string of the molecule is CCCc1nc(C(CC)(CC)OCC)[nH]c(=O)c1Br. The summed E-state index contributed by atoms with van der Waals surface area (Å²) in [6.07, 6.45) is 3.31. The van der Waals surface area contributed by atoms with Crippen molar-refractivity contribution in [2.75, 3.05) is 6.61 Å². The number of rotatable bonds is 7. The first-order valence-corrected chi connectivity index (χ1v) is 7.77. The molecule has 0 spiro atoms. The highest BCUT2D eigenvalue weighted by molar-refractivity contribution is 9.10. The van der Waals surface area contributed by atoms with E-state index in [9.17, 15) is 4.79 Å². The summed E-state index contributed by atoms with van der Waals surface area (Å²) in [5, 5.41) is 0. The summed E-state index contributed by atoms with van der Waals surface area (Å²) in [5.74, 6) is 0.649. The third-order valence-corrected chi connectivity index (χ3v) is 4.23. The molecule has 0 atom stereocenters. The predicted molar refractivity (Wildman–Crippen MR) is 80.4 cm³/mol. The van der Waals surface area contributed by atoms with Crippen LogP contribution in [0.25, 0.3) is 0 Å². The zero-order valence-electron chi connectivity index (χ0n) is 12.2. The van der Waals surface area contributed by atoms with Gasteiger partial charge < -0.3 is 9.72 Å². The van der Waals surface area contributed by atoms with Crippen molar-refractivity contribution in [1.29, 1.82) is 0 Å². The van der Waals surface area contributed by atoms with Gasteiger partial charge in [-0.15, -0.1) is 0 Å². The van der Waals surface area contributed by atoms with Gasteiger partial charge in [0.25, 0.3) is 5.56 Å². The van der Waals surface area contributed by atoms with Crippen molar-refractivity contribution < 1.29 is 4.74 Å². The second-order valence-corrected chi connectivity index (χ2v) is 5.35. The van der Waals surface area contributed by atoms with Gasteiger partial charge in [-0.2, -0.15) is 0 Å². The van der Waals surface area contributed by atoms with Crippen LogP contribution >= 0.6 is 15.9 Å². The van der Waals surface area contributed by atoms with Crippen LogP contribution in [0.1, 0.15) is 58.5 Å². The first-order valence-electron chi connectivity index (χ1n) is 6.97. The molecular formula is C14H23BrN2O2. The van der Waals surface area contributed by atoms with E-state index in [0.717, 1.165) is 31.4 Å². The van der Waals surface area contributed by atoms with Gasteiger partial charge in [0.15, 0.2) is 0 Å². The van der Waals surface area contributed by atoms with Gasteiger partial charge in [-0.05, 0) is 42.1 Å². The minimum absolute atomic E-state index is 0.126. The molecule has 0 aliphatic carbocycles. The van der Waals surface area contributed by atoms with Crippen LogP contribution in [-0.2, 0) is 16.8 Å². The molecule has 1 rings (SSSR count). The van der Waals surface area contributed by atoms with Gasteiger partial charge >= 0.3 is 0 Å². The van der Waals surface area contributed by atoms with E-state index in [1.165, 1.54) is 0 Å². The summed E-state index contributed by atoms with van der Waals surface area (Å²) in [6, 6.07) is 0. The van der Waals surface area contributed by atoms with Crippen LogP contribution in [0.2, 0.25) is 0 Å². The van der Waals surface area contributed by atoms with E-state index in [1.54, 1.807) is 0 Å². The molecule has 0 bridgehead atoms. The van der Waals surface area contributed by atoms with E-state index in [0.29, 0.717) is 16.9 Å². The summed E-state index contributed by atoms with van der Waals surface area (Å²) in [7, 11) is 0. The number of aryl methyl sites for hydroxylation is 1. The first kappa shape index (κ1) is 16.4. The molecule has 0 fully saturated rings. The Bertz CT molecular complexity index is 467. The highest BCUT2D eigenvalue weighted by Crippen LogP contribution is 2.30. The summed E-state index contributed by atoms with van der Waals surface area (Å²) in [4.78, 5) is 19.5. The van der Waals surface area contributed by atoms with Gasteiger partial charge in [0.05, 0.1) is 5.69 Å². The molecular weight excluding hydrogens is 308 g/mol. The number of nitrogens with zero attached hydrogens (tertiary/aromatic N) is 1. The molecule has 1 N–H and O–H groups in total. The number of H-pyrrole nitrogens is 1. The van der Waals surface area contributed by atoms with Crippen molar-refractivity contribution >= 4 is 15.9 Å². The molecule has 19 heavy (non-hydrogen) atoms. The Morgan fingerprint density at radius 2 is 1.89 bits per heavy atom. The predicted octanol–water partition coefficient (Wildman–Crippen LogP) is 3.54. The minimum Gasteiger partial charge on any atom is -0.367 e. The van der Waals surface area contributed by atoms with Gasteiger partial charge in [-0.1, -0.05) is 27.2 Å². The molecule has 1 heterocycles. The fourth-order valence-corrected chi connectivity index (χ4v) is 2.64. The van der Waals surface area contributed by atoms with Crippen LogP contribution in [0.4, 0.5) is 0 Å². The number of aromatic nitrogens is 2. The highest BCUT2D eigenvalue weighted by Gasteiger charge is 2.32. The second-order valence-electron chi connectivity index (χ2n) is 4.56. The molecule has 0 aliphatic rings. The fourth-order valence-electron chi connectivity index (χ4n) is 2.26. The number of aromatic amines is 1. The van der Waals surface area contributed by atoms with Crippen molar-refractivity contribution in [2.45, 2.75) is 59.0 Å². The summed E-state index contributed by atoms with van der Waals surface area (Å²) in [5.41, 5.74) is 0.198. The van der Waals surface area contributed by atoms with Crippen molar-refractivity contribution in [3.8, 4) is 0 Å². The Kier molecular flexibility index (Phi) is 6.20. The monoisotopic (exact) mass is 330 g/mol. The highest BCUT2D eigenvalue weighted by atomic mass is 79.9. The standard InChI is InChI=1S/C14H23BrN2O2/c1-5-9-10-11(15)12(18)17-13(16-10)14(6-2,7-3)19-8-4/h5-9H2,1-4H3,(H,16,17,18). The number of halogens is 1. The van der Waals surface area contributed by atoms with Crippen LogP contribution in [-0.4, -0.2) is 16.6 Å². The number of ether oxygens (including phenoxy) is 1. The van der Waals surface area contributed by atoms with Crippen molar-refractivity contribution in [2.24, 2.45) is 0 Å². The lowest BCUT2D eigenvalue weighted by Gasteiger charge is -2.30. The van der Waals surface area contributed by atoms with Crippen LogP contribution in [0.15, 0.2) is 9.27 Å². The van der Waals surface area contributed by atoms with Crippen LogP contribution in [0.3, 0.4) is 0 Å². The van der Waals surface area contributed by atoms with E-state index in [1.807, 2.05) is 6.92 Å². The van der Waals surface area contributed by atoms with Crippen LogP contribution in [0.5, 0.6) is 0 Å². The molecule has 4 nitrogen and oxygen atoms in total. The Balaban J connectivity index is 3.35. The molecule has 5 heteroatoms. The summed E-state index contributed by atoms with van der Waals surface area (Å²) < 4.78 is 6.43. The second kappa shape index (κ2) is 7.20. The topological polar surface area (TPSA) is 55.0 Å². The van der Waals surface area contributed by atoms with Gasteiger partial charge in [0.1, 0.15) is 15.9 Å². The maximum atomic E-state index is 12.0. The Labute approximate surface area is 123 Å². The molecule has 0 amide bonds. The third-order valence-electron chi connectivity index (χ3n) is 3.41. The van der Waals surface area contributed by atoms with Gasteiger partial charge in [0.2, 0.25) is 0 Å². The average Bonchev–Trinajstić information content (AvgIpc) is 2.41. The Morgan fingerprint density at radius 1 is 1.26 bits per heavy atom. The molecule has 1 aromatic heterocycles. The quantitative estimate of drug-likeness (QED) is 0.831. The Morgan fingerprint density at radius 3 is 2.37 bits per heavy atom. The van der Waals surface area contributed by atoms with Crippen LogP contribution in [0, 0.1) is 0 Å². The first-order chi connectivity index (χ1) is 9.04. The lowest BCUT2D eigenvalue weighted by Crippen LogP contribution is -2.34. The molecule has 0 saturated heterocycles. The zero-order valence-corrected chi connectivity index (χ0v) is 13.8. The van der Waals surface area contributed by atoms with E-state index >= 15 is 0 Å². The molecule has 0 aromatic carbocycles. The maximum Gasteiger partial charge on any atom is 0.265 e. The lowest BCUT2D eigenvalue weighted by molar-refractivity contribution is -0.0574. The number of nitrogens with one attached hydrogen (secondary N) is 1. The van der Waals surface area contributed by atoms with Crippen molar-refractivity contribution in [3.63, 3.8) is 0 Å². The smallest absolute Gasteiger partial charge is 0.265 e. The summed E-state index contributed by atoms with van der Waals surface area (Å²) >= 11 is 3.32. The molecule has 0 aliphatic heterocycles. The minimum atomic E-state index is -0.489. The van der Waals surface area contributed by atoms with E-state index in [4.69, 9.17) is 4.74 Å². The van der Waals surface area contributed by atoms with Crippen molar-refractivity contribution in [3.05, 3.63) is 26.3 Å². The van der Waals surface area contributed by atoms with Gasteiger partial charge in [0, 0.05) is 6.61 Å². The molecule has 1 aromatic rings. The maximum absolute atomic E-state index is 12.0. The van der Waals surface area contributed by atoms with Gasteiger partial charge in [-0.3, -0.25) is 4.79 Å². The molecule has 0 saturated carbocycles. The van der Waals surface area contributed by atoms with Gasteiger partial charge in [-0.25, -0.2) is 4.98 Å². The molecule has 0 unspecified atom stereocenters. The lowest BCUT2D eigenvalue weighted by atomic mass is 9.95. The summed E-state index contributed by atoms with van der Waals surface area (Å²) in [6.45, 7) is 8.75. The Hall–Kier alpha value is -0.680. The van der Waals surface area contributed by atoms with E-state index < -0.39 is 5.60 Å². The molecule has 108 valence electrons. The number of hydrogen-bond donors (Lipinski definition) is 1. The average molecular weight is 331 g/mol. The van der Waals surface area contributed by atoms with Crippen LogP contribution < -0.4 is 5.56 Å². The molecule has 0 radical (unpaired) electrons. The third kappa shape index (κ3) is 3.45. The number of hydrogen-bond acceptors (Lipinski definition) is 3. The van der Waals surface area contributed by atoms with E-state index in [-0.39, 0.29) is 5.56 Å². The fraction of sp³-hybridized carbons (Fsp3) is 0.714. The van der Waals surface area contributed by atoms with E-state index in [2.05, 4.69) is 46.7 Å². The normalized spacial score (nSPS) is 11.8. The van der Waals surface area contributed by atoms with Crippen molar-refractivity contribution in [1.82, 2.24) is 9.97 Å². The zero-order chi connectivity index (χ0) is 14.5. The largest absolute Gasteiger partial charge is 0.367 e.